The highest BCUT2D eigenvalue weighted by atomic mass is 16.9. The topological polar surface area (TPSA) is 64.6 Å². The Bertz CT molecular complexity index is 167. The highest BCUT2D eigenvalue weighted by molar-refractivity contribution is 4.45. The van der Waals surface area contributed by atoms with E-state index in [1.807, 2.05) is 0 Å². The van der Waals surface area contributed by atoms with Crippen molar-refractivity contribution in [3.63, 3.8) is 0 Å². The van der Waals surface area contributed by atoms with Gasteiger partial charge in [-0.1, -0.05) is 0 Å². The van der Waals surface area contributed by atoms with Crippen LogP contribution in [-0.4, -0.2) is 67.8 Å². The lowest BCUT2D eigenvalue weighted by atomic mass is 10.2. The van der Waals surface area contributed by atoms with Crippen LogP contribution in [0.5, 0.6) is 0 Å². The zero-order chi connectivity index (χ0) is 17.2. The zero-order valence-corrected chi connectivity index (χ0v) is 15.1. The van der Waals surface area contributed by atoms with Crippen molar-refractivity contribution in [3.8, 4) is 0 Å². The van der Waals surface area contributed by atoms with E-state index in [-0.39, 0.29) is 0 Å². The molecule has 0 radical (unpaired) electrons. The first-order valence-electron chi connectivity index (χ1n) is 8.20. The molecule has 2 fully saturated rings. The quantitative estimate of drug-likeness (QED) is 0.690. The normalized spacial score (nSPS) is 18.0. The summed E-state index contributed by atoms with van der Waals surface area (Å²) in [6, 6.07) is 0. The summed E-state index contributed by atoms with van der Waals surface area (Å²) in [5.74, 6) is 0. The molecule has 2 heterocycles. The molecule has 0 saturated carbocycles. The Kier molecular flexibility index (Phi) is 17.8. The molecule has 2 rings (SSSR count). The molecule has 2 aliphatic heterocycles. The summed E-state index contributed by atoms with van der Waals surface area (Å²) in [5, 5.41) is 0. The largest absolute Gasteiger partial charge is 0.381 e. The average Bonchev–Trinajstić information content (AvgIpc) is 2.67. The molecule has 0 spiro atoms. The third-order valence-electron chi connectivity index (χ3n) is 3.15. The van der Waals surface area contributed by atoms with Gasteiger partial charge in [-0.15, -0.1) is 0 Å². The predicted molar refractivity (Wildman–Crippen MR) is 86.0 cm³/mol. The van der Waals surface area contributed by atoms with Gasteiger partial charge in [0.1, 0.15) is 0 Å². The van der Waals surface area contributed by atoms with Crippen LogP contribution in [0.3, 0.4) is 0 Å². The Balaban J connectivity index is 0.000000339. The second-order valence-corrected chi connectivity index (χ2v) is 5.00. The van der Waals surface area contributed by atoms with Crippen molar-refractivity contribution in [3.05, 3.63) is 0 Å². The van der Waals surface area contributed by atoms with Crippen molar-refractivity contribution in [2.75, 3.05) is 54.9 Å². The van der Waals surface area contributed by atoms with Crippen LogP contribution in [-0.2, 0) is 33.2 Å². The van der Waals surface area contributed by atoms with Gasteiger partial charge in [0, 0.05) is 54.9 Å². The Hall–Kier alpha value is -0.280. The third-order valence-corrected chi connectivity index (χ3v) is 3.15. The van der Waals surface area contributed by atoms with Crippen LogP contribution in [0.15, 0.2) is 0 Å². The Morgan fingerprint density at radius 2 is 0.826 bits per heavy atom. The molecule has 0 N–H and O–H groups in total. The van der Waals surface area contributed by atoms with E-state index in [1.165, 1.54) is 67.0 Å². The molecular formula is C16H34O7. The lowest BCUT2D eigenvalue weighted by Crippen LogP contribution is -2.27. The minimum absolute atomic E-state index is 0.764. The SMILES string of the molecule is C1CCOCC1.C1CCOCC1.COC(OC)OC(OC)OC. The number of hydrogen-bond acceptors (Lipinski definition) is 7. The summed E-state index contributed by atoms with van der Waals surface area (Å²) >= 11 is 0. The van der Waals surface area contributed by atoms with Gasteiger partial charge in [0.05, 0.1) is 0 Å². The van der Waals surface area contributed by atoms with Crippen molar-refractivity contribution >= 4 is 0 Å². The molecule has 7 nitrogen and oxygen atoms in total. The Morgan fingerprint density at radius 1 is 0.522 bits per heavy atom. The van der Waals surface area contributed by atoms with Crippen molar-refractivity contribution in [1.29, 1.82) is 0 Å². The third kappa shape index (κ3) is 15.0. The van der Waals surface area contributed by atoms with Crippen LogP contribution in [0.25, 0.3) is 0 Å². The molecule has 0 aromatic heterocycles. The van der Waals surface area contributed by atoms with E-state index in [1.54, 1.807) is 0 Å². The molecule has 7 heteroatoms. The van der Waals surface area contributed by atoms with Crippen LogP contribution in [0.4, 0.5) is 0 Å². The molecule has 2 aliphatic rings. The molecule has 0 aliphatic carbocycles. The van der Waals surface area contributed by atoms with Gasteiger partial charge in [-0.3, -0.25) is 4.74 Å². The Morgan fingerprint density at radius 3 is 0.957 bits per heavy atom. The van der Waals surface area contributed by atoms with Crippen LogP contribution in [0.2, 0.25) is 0 Å². The maximum absolute atomic E-state index is 5.07. The highest BCUT2D eigenvalue weighted by Gasteiger charge is 2.13. The maximum Gasteiger partial charge on any atom is 0.275 e. The van der Waals surface area contributed by atoms with Gasteiger partial charge in [-0.25, -0.2) is 0 Å². The van der Waals surface area contributed by atoms with E-state index < -0.39 is 13.0 Å². The van der Waals surface area contributed by atoms with Gasteiger partial charge in [0.2, 0.25) is 0 Å². The summed E-state index contributed by atoms with van der Waals surface area (Å²) in [5.41, 5.74) is 0. The van der Waals surface area contributed by atoms with Gasteiger partial charge < -0.3 is 28.4 Å². The number of ether oxygens (including phenoxy) is 7. The lowest BCUT2D eigenvalue weighted by molar-refractivity contribution is -0.378. The second-order valence-electron chi connectivity index (χ2n) is 5.00. The highest BCUT2D eigenvalue weighted by Crippen LogP contribution is 2.03. The van der Waals surface area contributed by atoms with Crippen molar-refractivity contribution in [2.24, 2.45) is 0 Å². The molecule has 2 saturated heterocycles. The summed E-state index contributed by atoms with van der Waals surface area (Å²) in [4.78, 5) is 0. The minimum atomic E-state index is -0.764. The van der Waals surface area contributed by atoms with E-state index in [4.69, 9.17) is 33.2 Å². The first-order chi connectivity index (χ1) is 11.3. The van der Waals surface area contributed by atoms with E-state index in [9.17, 15) is 0 Å². The summed E-state index contributed by atoms with van der Waals surface area (Å²) < 4.78 is 34.0. The fourth-order valence-corrected chi connectivity index (χ4v) is 1.88. The van der Waals surface area contributed by atoms with E-state index in [0.717, 1.165) is 26.4 Å². The van der Waals surface area contributed by atoms with Crippen LogP contribution >= 0.6 is 0 Å². The van der Waals surface area contributed by atoms with E-state index in [0.29, 0.717) is 0 Å². The first-order valence-corrected chi connectivity index (χ1v) is 8.20. The second kappa shape index (κ2) is 18.1. The summed E-state index contributed by atoms with van der Waals surface area (Å²) in [7, 11) is 5.82. The number of methoxy groups -OCH3 is 4. The maximum atomic E-state index is 5.07. The molecule has 0 unspecified atom stereocenters. The molecule has 0 aromatic carbocycles. The first kappa shape index (κ1) is 22.7. The monoisotopic (exact) mass is 338 g/mol. The minimum Gasteiger partial charge on any atom is -0.381 e. The van der Waals surface area contributed by atoms with Crippen LogP contribution in [0, 0.1) is 0 Å². The van der Waals surface area contributed by atoms with Gasteiger partial charge in [0.15, 0.2) is 0 Å². The van der Waals surface area contributed by atoms with Crippen molar-refractivity contribution in [2.45, 2.75) is 51.5 Å². The molecule has 0 bridgehead atoms. The number of hydrogen-bond donors (Lipinski definition) is 0. The Labute approximate surface area is 140 Å². The average molecular weight is 338 g/mol. The van der Waals surface area contributed by atoms with Crippen molar-refractivity contribution in [1.82, 2.24) is 0 Å². The standard InChI is InChI=1S/C6H14O5.2C5H10O/c1-7-5(8-2)11-6(9-3)10-4;2*1-2-4-6-5-3-1/h5-6H,1-4H3;2*1-5H2. The van der Waals surface area contributed by atoms with E-state index in [2.05, 4.69) is 0 Å². The summed E-state index contributed by atoms with van der Waals surface area (Å²) in [6.45, 7) is 2.47. The van der Waals surface area contributed by atoms with Gasteiger partial charge in [-0.2, -0.15) is 0 Å². The smallest absolute Gasteiger partial charge is 0.275 e. The number of rotatable bonds is 6. The fraction of sp³-hybridized carbons (Fsp3) is 1.00. The predicted octanol–water partition coefficient (Wildman–Crippen LogP) is 2.53. The molecule has 23 heavy (non-hydrogen) atoms. The fourth-order valence-electron chi connectivity index (χ4n) is 1.88. The van der Waals surface area contributed by atoms with Gasteiger partial charge in [0.25, 0.3) is 13.0 Å². The molecular weight excluding hydrogens is 304 g/mol. The molecule has 0 atom stereocenters. The molecule has 0 amide bonds. The molecule has 140 valence electrons. The van der Waals surface area contributed by atoms with Gasteiger partial charge >= 0.3 is 0 Å². The lowest BCUT2D eigenvalue weighted by Gasteiger charge is -2.19. The van der Waals surface area contributed by atoms with Crippen molar-refractivity contribution < 1.29 is 33.2 Å². The van der Waals surface area contributed by atoms with E-state index >= 15 is 0 Å². The van der Waals surface area contributed by atoms with Crippen LogP contribution < -0.4 is 0 Å². The zero-order valence-electron chi connectivity index (χ0n) is 15.1. The van der Waals surface area contributed by atoms with Crippen LogP contribution in [0.1, 0.15) is 38.5 Å². The summed E-state index contributed by atoms with van der Waals surface area (Å²) in [6.07, 6.45) is 7.86. The van der Waals surface area contributed by atoms with Gasteiger partial charge in [-0.05, 0) is 38.5 Å². The molecule has 0 aromatic rings.